The summed E-state index contributed by atoms with van der Waals surface area (Å²) in [5.74, 6) is 0.819. The molecule has 0 spiro atoms. The van der Waals surface area contributed by atoms with Gasteiger partial charge in [-0.25, -0.2) is 14.4 Å². The molecule has 2 N–H and O–H groups in total. The molecule has 3 aromatic rings. The van der Waals surface area contributed by atoms with Crippen LogP contribution in [0, 0.1) is 0 Å². The molecule has 2 bridgehead atoms. The number of piperidine rings is 1. The summed E-state index contributed by atoms with van der Waals surface area (Å²) >= 11 is 0. The van der Waals surface area contributed by atoms with E-state index in [-0.39, 0.29) is 17.8 Å². The minimum Gasteiger partial charge on any atom is -0.507 e. The maximum atomic E-state index is 14.6. The largest absolute Gasteiger partial charge is 0.507 e. The smallest absolute Gasteiger partial charge is 0.213 e. The van der Waals surface area contributed by atoms with Gasteiger partial charge in [0.25, 0.3) is 0 Å². The van der Waals surface area contributed by atoms with E-state index in [2.05, 4.69) is 25.5 Å². The molecule has 5 rings (SSSR count). The van der Waals surface area contributed by atoms with Gasteiger partial charge < -0.3 is 15.2 Å². The first kappa shape index (κ1) is 19.3. The zero-order valence-corrected chi connectivity index (χ0v) is 16.7. The third kappa shape index (κ3) is 3.77. The highest BCUT2D eigenvalue weighted by molar-refractivity contribution is 5.73. The first-order chi connectivity index (χ1) is 15.1. The third-order valence-corrected chi connectivity index (χ3v) is 5.51. The highest BCUT2D eigenvalue weighted by atomic mass is 19.1. The molecule has 7 nitrogen and oxygen atoms in total. The van der Waals surface area contributed by atoms with Crippen LogP contribution in [0.25, 0.3) is 28.6 Å². The van der Waals surface area contributed by atoms with Crippen LogP contribution < -0.4 is 10.1 Å². The highest BCUT2D eigenvalue weighted by Gasteiger charge is 2.34. The number of phenolic OH excluding ortho intramolecular Hbond substituents is 1. The monoisotopic (exact) mass is 417 g/mol. The number of methoxy groups -OCH3 is 1. The molecule has 156 valence electrons. The van der Waals surface area contributed by atoms with Gasteiger partial charge in [0.15, 0.2) is 5.82 Å². The minimum absolute atomic E-state index is 0.0333. The second kappa shape index (κ2) is 7.88. The van der Waals surface area contributed by atoms with Gasteiger partial charge in [0.05, 0.1) is 24.9 Å². The molecule has 2 aliphatic heterocycles. The predicted molar refractivity (Wildman–Crippen MR) is 114 cm³/mol. The molecule has 1 fully saturated rings. The van der Waals surface area contributed by atoms with E-state index in [1.165, 1.54) is 0 Å². The number of phenols is 1. The number of aromatic hydroxyl groups is 1. The van der Waals surface area contributed by atoms with Crippen molar-refractivity contribution < 1.29 is 14.2 Å². The Hall–Kier alpha value is -3.65. The lowest BCUT2D eigenvalue weighted by molar-refractivity contribution is 0.285. The fraction of sp³-hybridized carbons (Fsp3) is 0.217. The first-order valence-electron chi connectivity index (χ1n) is 9.93. The Morgan fingerprint density at radius 2 is 2.00 bits per heavy atom. The Morgan fingerprint density at radius 1 is 1.13 bits per heavy atom. The maximum absolute atomic E-state index is 14.6. The Labute approximate surface area is 178 Å². The molecule has 4 heterocycles. The molecule has 0 radical (unpaired) electrons. The summed E-state index contributed by atoms with van der Waals surface area (Å²) < 4.78 is 19.7. The number of alkyl halides is 1. The van der Waals surface area contributed by atoms with Crippen molar-refractivity contribution in [2.24, 2.45) is 0 Å². The summed E-state index contributed by atoms with van der Waals surface area (Å²) in [5.41, 5.74) is 3.30. The van der Waals surface area contributed by atoms with Gasteiger partial charge in [0, 0.05) is 18.3 Å². The molecule has 1 aromatic carbocycles. The van der Waals surface area contributed by atoms with Crippen molar-refractivity contribution in [3.05, 3.63) is 66.1 Å². The molecule has 2 aromatic heterocycles. The summed E-state index contributed by atoms with van der Waals surface area (Å²) in [4.78, 5) is 8.41. The van der Waals surface area contributed by atoms with Gasteiger partial charge in [-0.05, 0) is 47.4 Å². The van der Waals surface area contributed by atoms with Crippen molar-refractivity contribution in [2.75, 3.05) is 7.11 Å². The van der Waals surface area contributed by atoms with Crippen molar-refractivity contribution in [3.63, 3.8) is 0 Å². The van der Waals surface area contributed by atoms with E-state index < -0.39 is 6.17 Å². The molecular formula is C23H20FN5O2. The lowest BCUT2D eigenvalue weighted by Crippen LogP contribution is -2.43. The number of nitrogens with one attached hydrogen (secondary N) is 1. The molecule has 8 heteroatoms. The summed E-state index contributed by atoms with van der Waals surface area (Å²) in [6.07, 6.45) is 8.28. The summed E-state index contributed by atoms with van der Waals surface area (Å²) in [5, 5.41) is 22.0. The molecule has 0 saturated carbocycles. The Morgan fingerprint density at radius 3 is 2.77 bits per heavy atom. The first-order valence-corrected chi connectivity index (χ1v) is 9.93. The molecule has 0 aliphatic carbocycles. The van der Waals surface area contributed by atoms with Crippen molar-refractivity contribution in [3.8, 4) is 34.1 Å². The number of nitrogens with zero attached hydrogens (tertiary/aromatic N) is 4. The number of rotatable bonds is 4. The van der Waals surface area contributed by atoms with Crippen LogP contribution in [0.2, 0.25) is 0 Å². The zero-order chi connectivity index (χ0) is 21.4. The number of ether oxygens (including phenoxy) is 1. The second-order valence-corrected chi connectivity index (χ2v) is 7.53. The number of pyridine rings is 1. The van der Waals surface area contributed by atoms with Gasteiger partial charge in [-0.15, -0.1) is 10.2 Å². The number of benzene rings is 1. The standard InChI is InChI=1S/C23H20FN5O2/c1-31-21-11-14(6-7-25-21)13-2-4-18(20(30)10-13)23-26-12-17(28-29-23)9-15-8-16-3-5-19(27-16)22(15)24/h2-7,9-12,16,19,22,27,30H,8H2,1H3/b15-9+/t16?,19?,22-/m1/s1. The quantitative estimate of drug-likeness (QED) is 0.629. The van der Waals surface area contributed by atoms with Crippen LogP contribution in [0.15, 0.2) is 60.5 Å². The van der Waals surface area contributed by atoms with E-state index in [4.69, 9.17) is 4.74 Å². The molecule has 3 atom stereocenters. The molecule has 2 aliphatic rings. The van der Waals surface area contributed by atoms with Gasteiger partial charge in [-0.3, -0.25) is 0 Å². The van der Waals surface area contributed by atoms with Gasteiger partial charge in [-0.2, -0.15) is 0 Å². The van der Waals surface area contributed by atoms with Crippen LogP contribution in [0.3, 0.4) is 0 Å². The van der Waals surface area contributed by atoms with Gasteiger partial charge >= 0.3 is 0 Å². The van der Waals surface area contributed by atoms with Crippen LogP contribution in [-0.2, 0) is 0 Å². The molecule has 2 unspecified atom stereocenters. The summed E-state index contributed by atoms with van der Waals surface area (Å²) in [6, 6.07) is 8.73. The molecule has 0 amide bonds. The Bertz CT molecular complexity index is 1180. The number of fused-ring (bicyclic) bond motifs is 2. The number of hydrogen-bond acceptors (Lipinski definition) is 7. The lowest BCUT2D eigenvalue weighted by atomic mass is 9.95. The topological polar surface area (TPSA) is 93.0 Å². The average molecular weight is 417 g/mol. The normalized spacial score (nSPS) is 23.3. The van der Waals surface area contributed by atoms with Crippen molar-refractivity contribution >= 4 is 6.08 Å². The van der Waals surface area contributed by atoms with Crippen LogP contribution >= 0.6 is 0 Å². The van der Waals surface area contributed by atoms with Crippen molar-refractivity contribution in [1.29, 1.82) is 0 Å². The number of aromatic nitrogens is 4. The lowest BCUT2D eigenvalue weighted by Gasteiger charge is -2.27. The van der Waals surface area contributed by atoms with E-state index in [1.54, 1.807) is 43.8 Å². The van der Waals surface area contributed by atoms with E-state index >= 15 is 0 Å². The van der Waals surface area contributed by atoms with Crippen molar-refractivity contribution in [1.82, 2.24) is 25.5 Å². The highest BCUT2D eigenvalue weighted by Crippen LogP contribution is 2.33. The van der Waals surface area contributed by atoms with E-state index in [0.29, 0.717) is 35.0 Å². The fourth-order valence-corrected chi connectivity index (χ4v) is 3.92. The number of hydrogen-bond donors (Lipinski definition) is 2. The minimum atomic E-state index is -1.08. The van der Waals surface area contributed by atoms with Crippen LogP contribution in [0.4, 0.5) is 4.39 Å². The predicted octanol–water partition coefficient (Wildman–Crippen LogP) is 3.34. The van der Waals surface area contributed by atoms with E-state index in [0.717, 1.165) is 11.1 Å². The second-order valence-electron chi connectivity index (χ2n) is 7.53. The Balaban J connectivity index is 1.38. The average Bonchev–Trinajstić information content (AvgIpc) is 3.21. The molecule has 1 saturated heterocycles. The SMILES string of the molecule is COc1cc(-c2ccc(-c3ncc(/C=C4\CC5C=CC(N5)[C@@H]4F)nn3)c(O)c2)ccn1. The Kier molecular flexibility index (Phi) is 4.91. The molecule has 31 heavy (non-hydrogen) atoms. The number of halogens is 1. The maximum Gasteiger partial charge on any atom is 0.213 e. The van der Waals surface area contributed by atoms with E-state index in [1.807, 2.05) is 24.3 Å². The van der Waals surface area contributed by atoms with Gasteiger partial charge in [0.1, 0.15) is 17.6 Å². The van der Waals surface area contributed by atoms with Crippen LogP contribution in [0.1, 0.15) is 12.1 Å². The molecular weight excluding hydrogens is 397 g/mol. The third-order valence-electron chi connectivity index (χ3n) is 5.51. The summed E-state index contributed by atoms with van der Waals surface area (Å²) in [7, 11) is 1.55. The van der Waals surface area contributed by atoms with Crippen molar-refractivity contribution in [2.45, 2.75) is 24.7 Å². The van der Waals surface area contributed by atoms with E-state index in [9.17, 15) is 9.50 Å². The van der Waals surface area contributed by atoms with Gasteiger partial charge in [-0.1, -0.05) is 18.2 Å². The van der Waals surface area contributed by atoms with Gasteiger partial charge in [0.2, 0.25) is 5.88 Å². The summed E-state index contributed by atoms with van der Waals surface area (Å²) in [6.45, 7) is 0. The fourth-order valence-electron chi connectivity index (χ4n) is 3.92. The van der Waals surface area contributed by atoms with Crippen LogP contribution in [0.5, 0.6) is 11.6 Å². The zero-order valence-electron chi connectivity index (χ0n) is 16.7. The van der Waals surface area contributed by atoms with Crippen LogP contribution in [-0.4, -0.2) is 50.6 Å².